The minimum Gasteiger partial charge on any atom is -0.465 e. The molecule has 2 rings (SSSR count). The molecule has 0 aliphatic heterocycles. The molecule has 1 aromatic carbocycles. The lowest BCUT2D eigenvalue weighted by molar-refractivity contribution is 0.0418. The summed E-state index contributed by atoms with van der Waals surface area (Å²) in [6, 6.07) is 4.07. The van der Waals surface area contributed by atoms with E-state index in [0.29, 0.717) is 0 Å². The zero-order valence-corrected chi connectivity index (χ0v) is 14.8. The van der Waals surface area contributed by atoms with E-state index < -0.39 is 39.9 Å². The third-order valence-corrected chi connectivity index (χ3v) is 4.72. The fourth-order valence-electron chi connectivity index (χ4n) is 2.00. The maximum absolute atomic E-state index is 13.9. The number of hydrogen-bond acceptors (Lipinski definition) is 7. The first-order valence-electron chi connectivity index (χ1n) is 7.43. The molecule has 8 nitrogen and oxygen atoms in total. The highest BCUT2D eigenvalue weighted by atomic mass is 32.2. The van der Waals surface area contributed by atoms with Gasteiger partial charge in [-0.05, 0) is 38.2 Å². The van der Waals surface area contributed by atoms with Crippen LogP contribution in [0, 0.1) is 5.82 Å². The summed E-state index contributed by atoms with van der Waals surface area (Å²) in [5, 5.41) is 0. The molecule has 140 valence electrons. The van der Waals surface area contributed by atoms with Gasteiger partial charge in [0.05, 0.1) is 23.3 Å². The molecule has 0 amide bonds. The van der Waals surface area contributed by atoms with Crippen LogP contribution in [0.25, 0.3) is 0 Å². The Morgan fingerprint density at radius 2 is 1.85 bits per heavy atom. The number of esters is 2. The van der Waals surface area contributed by atoms with Crippen molar-refractivity contribution < 1.29 is 36.3 Å². The van der Waals surface area contributed by atoms with Gasteiger partial charge in [0, 0.05) is 0 Å². The molecule has 0 unspecified atom stereocenters. The van der Waals surface area contributed by atoms with Crippen LogP contribution < -0.4 is 4.72 Å². The minimum atomic E-state index is -3.86. The van der Waals surface area contributed by atoms with Crippen molar-refractivity contribution in [1.29, 1.82) is 0 Å². The standard InChI is InChI=1S/C16H16FNO7S/c1-3-23-15(19)11-6-7-24-14(11)9-25-16(20)12-8-10(4-5-13(12)17)26(21,22)18-2/h4-8,18H,3,9H2,1-2H3. The number of sulfonamides is 1. The van der Waals surface area contributed by atoms with Crippen LogP contribution in [-0.2, 0) is 26.1 Å². The van der Waals surface area contributed by atoms with Crippen LogP contribution in [0.3, 0.4) is 0 Å². The summed E-state index contributed by atoms with van der Waals surface area (Å²) in [7, 11) is -2.67. The van der Waals surface area contributed by atoms with Crippen molar-refractivity contribution in [2.75, 3.05) is 13.7 Å². The molecular formula is C16H16FNO7S. The molecule has 26 heavy (non-hydrogen) atoms. The minimum absolute atomic E-state index is 0.0243. The molecule has 0 aliphatic rings. The van der Waals surface area contributed by atoms with Crippen LogP contribution in [0.4, 0.5) is 4.39 Å². The van der Waals surface area contributed by atoms with E-state index in [9.17, 15) is 22.4 Å². The molecule has 1 heterocycles. The molecule has 0 saturated carbocycles. The Morgan fingerprint density at radius 1 is 1.15 bits per heavy atom. The number of halogens is 1. The molecule has 0 atom stereocenters. The first-order chi connectivity index (χ1) is 12.3. The highest BCUT2D eigenvalue weighted by molar-refractivity contribution is 7.89. The van der Waals surface area contributed by atoms with E-state index in [1.54, 1.807) is 6.92 Å². The van der Waals surface area contributed by atoms with E-state index in [2.05, 4.69) is 4.72 Å². The summed E-state index contributed by atoms with van der Waals surface area (Å²) < 4.78 is 54.3. The normalized spacial score (nSPS) is 11.2. The summed E-state index contributed by atoms with van der Waals surface area (Å²) in [4.78, 5) is 23.5. The average molecular weight is 385 g/mol. The molecular weight excluding hydrogens is 369 g/mol. The number of carbonyl (C=O) groups is 2. The SMILES string of the molecule is CCOC(=O)c1ccoc1COC(=O)c1cc(S(=O)(=O)NC)ccc1F. The maximum atomic E-state index is 13.9. The topological polar surface area (TPSA) is 112 Å². The second-order valence-corrected chi connectivity index (χ2v) is 6.79. The lowest BCUT2D eigenvalue weighted by Crippen LogP contribution is -2.19. The monoisotopic (exact) mass is 385 g/mol. The van der Waals surface area contributed by atoms with Crippen molar-refractivity contribution in [1.82, 2.24) is 4.72 Å². The van der Waals surface area contributed by atoms with Gasteiger partial charge < -0.3 is 13.9 Å². The van der Waals surface area contributed by atoms with Crippen LogP contribution in [-0.4, -0.2) is 34.0 Å². The fraction of sp³-hybridized carbons (Fsp3) is 0.250. The second-order valence-electron chi connectivity index (χ2n) is 4.90. The number of ether oxygens (including phenoxy) is 2. The lowest BCUT2D eigenvalue weighted by Gasteiger charge is -2.08. The van der Waals surface area contributed by atoms with Crippen LogP contribution in [0.2, 0.25) is 0 Å². The molecule has 0 bridgehead atoms. The fourth-order valence-corrected chi connectivity index (χ4v) is 2.75. The Kier molecular flexibility index (Phi) is 6.11. The van der Waals surface area contributed by atoms with Crippen molar-refractivity contribution in [2.24, 2.45) is 0 Å². The smallest absolute Gasteiger partial charge is 0.341 e. The van der Waals surface area contributed by atoms with Crippen molar-refractivity contribution in [3.63, 3.8) is 0 Å². The van der Waals surface area contributed by atoms with E-state index in [0.717, 1.165) is 18.2 Å². The molecule has 0 aliphatic carbocycles. The van der Waals surface area contributed by atoms with E-state index in [4.69, 9.17) is 13.9 Å². The number of nitrogens with one attached hydrogen (secondary N) is 1. The quantitative estimate of drug-likeness (QED) is 0.724. The highest BCUT2D eigenvalue weighted by Crippen LogP contribution is 2.18. The van der Waals surface area contributed by atoms with Crippen molar-refractivity contribution >= 4 is 22.0 Å². The molecule has 0 saturated heterocycles. The van der Waals surface area contributed by atoms with Crippen molar-refractivity contribution in [3.8, 4) is 0 Å². The number of carbonyl (C=O) groups excluding carboxylic acids is 2. The van der Waals surface area contributed by atoms with Gasteiger partial charge in [-0.15, -0.1) is 0 Å². The Hall–Kier alpha value is -2.72. The second kappa shape index (κ2) is 8.11. The Morgan fingerprint density at radius 3 is 2.50 bits per heavy atom. The first kappa shape index (κ1) is 19.6. The van der Waals surface area contributed by atoms with Gasteiger partial charge in [0.1, 0.15) is 11.4 Å². The zero-order chi connectivity index (χ0) is 19.3. The number of benzene rings is 1. The Balaban J connectivity index is 2.18. The van der Waals surface area contributed by atoms with Gasteiger partial charge in [-0.25, -0.2) is 27.1 Å². The Labute approximate surface area is 148 Å². The van der Waals surface area contributed by atoms with Crippen LogP contribution >= 0.6 is 0 Å². The van der Waals surface area contributed by atoms with Crippen molar-refractivity contribution in [3.05, 3.63) is 53.2 Å². The lowest BCUT2D eigenvalue weighted by atomic mass is 10.2. The molecule has 0 radical (unpaired) electrons. The Bertz CT molecular complexity index is 920. The summed E-state index contributed by atoms with van der Waals surface area (Å²) >= 11 is 0. The average Bonchev–Trinajstić information content (AvgIpc) is 3.08. The number of rotatable bonds is 7. The van der Waals surface area contributed by atoms with Gasteiger partial charge in [-0.1, -0.05) is 0 Å². The van der Waals surface area contributed by atoms with Gasteiger partial charge in [-0.2, -0.15) is 0 Å². The summed E-state index contributed by atoms with van der Waals surface area (Å²) in [6.07, 6.45) is 1.22. The third-order valence-electron chi connectivity index (χ3n) is 3.31. The zero-order valence-electron chi connectivity index (χ0n) is 13.9. The summed E-state index contributed by atoms with van der Waals surface area (Å²) in [5.41, 5.74) is -0.489. The van der Waals surface area contributed by atoms with Gasteiger partial charge in [-0.3, -0.25) is 0 Å². The van der Waals surface area contributed by atoms with Gasteiger partial charge in [0.25, 0.3) is 0 Å². The molecule has 0 spiro atoms. The first-order valence-corrected chi connectivity index (χ1v) is 8.92. The molecule has 10 heteroatoms. The van der Waals surface area contributed by atoms with E-state index in [1.807, 2.05) is 0 Å². The van der Waals surface area contributed by atoms with Crippen LogP contribution in [0.5, 0.6) is 0 Å². The predicted molar refractivity (Wildman–Crippen MR) is 86.4 cm³/mol. The maximum Gasteiger partial charge on any atom is 0.341 e. The molecule has 1 N–H and O–H groups in total. The van der Waals surface area contributed by atoms with Gasteiger partial charge in [0.2, 0.25) is 10.0 Å². The van der Waals surface area contributed by atoms with E-state index in [1.165, 1.54) is 19.4 Å². The van der Waals surface area contributed by atoms with Crippen LogP contribution in [0.15, 0.2) is 39.8 Å². The largest absolute Gasteiger partial charge is 0.465 e. The summed E-state index contributed by atoms with van der Waals surface area (Å²) in [5.74, 6) is -2.69. The molecule has 1 aromatic heterocycles. The van der Waals surface area contributed by atoms with E-state index >= 15 is 0 Å². The number of hydrogen-bond donors (Lipinski definition) is 1. The predicted octanol–water partition coefficient (Wildman–Crippen LogP) is 1.86. The highest BCUT2D eigenvalue weighted by Gasteiger charge is 2.21. The third kappa shape index (κ3) is 4.27. The van der Waals surface area contributed by atoms with Crippen molar-refractivity contribution in [2.45, 2.75) is 18.4 Å². The van der Waals surface area contributed by atoms with Crippen LogP contribution in [0.1, 0.15) is 33.4 Å². The van der Waals surface area contributed by atoms with E-state index in [-0.39, 0.29) is 22.8 Å². The summed E-state index contributed by atoms with van der Waals surface area (Å²) in [6.45, 7) is 1.33. The molecule has 0 fully saturated rings. The number of furan rings is 1. The molecule has 2 aromatic rings. The van der Waals surface area contributed by atoms with Gasteiger partial charge >= 0.3 is 11.9 Å². The van der Waals surface area contributed by atoms with Gasteiger partial charge in [0.15, 0.2) is 12.4 Å².